The molecule has 7 nitrogen and oxygen atoms in total. The lowest BCUT2D eigenvalue weighted by molar-refractivity contribution is -0.117. The number of nitrogens with one attached hydrogen (secondary N) is 1. The van der Waals surface area contributed by atoms with Crippen LogP contribution in [-0.4, -0.2) is 72.1 Å². The fourth-order valence-electron chi connectivity index (χ4n) is 6.32. The molecule has 2 aromatic rings. The van der Waals surface area contributed by atoms with Crippen LogP contribution in [0.1, 0.15) is 37.7 Å². The number of fused-ring (bicyclic) bond motifs is 2. The van der Waals surface area contributed by atoms with Crippen LogP contribution in [-0.2, 0) is 14.3 Å². The lowest BCUT2D eigenvalue weighted by atomic mass is 9.85. The van der Waals surface area contributed by atoms with Crippen LogP contribution in [0.2, 0.25) is 5.02 Å². The molecule has 8 heteroatoms. The predicted octanol–water partition coefficient (Wildman–Crippen LogP) is 3.44. The number of anilines is 1. The summed E-state index contributed by atoms with van der Waals surface area (Å²) in [5.74, 6) is 1.89. The molecule has 0 spiro atoms. The van der Waals surface area contributed by atoms with Crippen molar-refractivity contribution in [2.75, 3.05) is 44.8 Å². The van der Waals surface area contributed by atoms with Crippen molar-refractivity contribution in [1.82, 2.24) is 9.88 Å². The maximum atomic E-state index is 12.8. The average Bonchev–Trinajstić information content (AvgIpc) is 3.48. The zero-order valence-electron chi connectivity index (χ0n) is 19.5. The lowest BCUT2D eigenvalue weighted by Crippen LogP contribution is -2.56. The topological polar surface area (TPSA) is 83.9 Å². The molecule has 1 aromatic carbocycles. The van der Waals surface area contributed by atoms with Crippen molar-refractivity contribution >= 4 is 34.1 Å². The van der Waals surface area contributed by atoms with Crippen molar-refractivity contribution in [1.29, 1.82) is 0 Å². The molecule has 1 aromatic heterocycles. The third-order valence-corrected chi connectivity index (χ3v) is 9.00. The fourth-order valence-corrected chi connectivity index (χ4v) is 6.65. The lowest BCUT2D eigenvalue weighted by Gasteiger charge is -2.43. The van der Waals surface area contributed by atoms with Crippen molar-refractivity contribution in [3.8, 4) is 0 Å². The van der Waals surface area contributed by atoms with Gasteiger partial charge in [0.1, 0.15) is 5.82 Å². The SMILES string of the molecule is C[C@]1(N2CCC(c3cc4cc(NC(=O)[C@H]5[C@@H]6CCOC[C@@H]65)ncc4cc3Cl)CC2)COC[C@H]1O. The minimum Gasteiger partial charge on any atom is -0.389 e. The average molecular weight is 486 g/mol. The summed E-state index contributed by atoms with van der Waals surface area (Å²) in [7, 11) is 0. The van der Waals surface area contributed by atoms with Crippen LogP contribution in [0.25, 0.3) is 10.8 Å². The highest BCUT2D eigenvalue weighted by Gasteiger charge is 2.55. The Kier molecular flexibility index (Phi) is 5.81. The summed E-state index contributed by atoms with van der Waals surface area (Å²) in [6, 6.07) is 6.10. The normalized spacial score (nSPS) is 34.2. The Labute approximate surface area is 204 Å². The number of rotatable bonds is 4. The maximum Gasteiger partial charge on any atom is 0.229 e. The minimum atomic E-state index is -0.443. The van der Waals surface area contributed by atoms with E-state index in [0.717, 1.165) is 60.3 Å². The van der Waals surface area contributed by atoms with Crippen LogP contribution in [0.3, 0.4) is 0 Å². The van der Waals surface area contributed by atoms with Crippen LogP contribution >= 0.6 is 11.6 Å². The second-order valence-corrected chi connectivity index (χ2v) is 11.1. The molecular weight excluding hydrogens is 454 g/mol. The Morgan fingerprint density at radius 2 is 1.97 bits per heavy atom. The van der Waals surface area contributed by atoms with Crippen LogP contribution in [0.5, 0.6) is 0 Å². The Balaban J connectivity index is 1.16. The second kappa shape index (κ2) is 8.71. The molecule has 1 saturated carbocycles. The first-order chi connectivity index (χ1) is 16.4. The summed E-state index contributed by atoms with van der Waals surface area (Å²) in [4.78, 5) is 19.6. The van der Waals surface area contributed by atoms with Gasteiger partial charge in [-0.1, -0.05) is 11.6 Å². The van der Waals surface area contributed by atoms with E-state index in [1.54, 1.807) is 6.20 Å². The summed E-state index contributed by atoms with van der Waals surface area (Å²) in [5, 5.41) is 16.2. The number of piperidine rings is 1. The number of carbonyl (C=O) groups is 1. The number of aromatic nitrogens is 1. The largest absolute Gasteiger partial charge is 0.389 e. The van der Waals surface area contributed by atoms with Crippen molar-refractivity contribution in [3.05, 3.63) is 35.0 Å². The van der Waals surface area contributed by atoms with Crippen LogP contribution in [0.4, 0.5) is 5.82 Å². The van der Waals surface area contributed by atoms with Crippen LogP contribution in [0, 0.1) is 17.8 Å². The van der Waals surface area contributed by atoms with E-state index < -0.39 is 6.10 Å². The van der Waals surface area contributed by atoms with E-state index in [0.29, 0.717) is 43.4 Å². The van der Waals surface area contributed by atoms with Crippen molar-refractivity contribution < 1.29 is 19.4 Å². The molecule has 0 radical (unpaired) electrons. The standard InChI is InChI=1S/C26H32ClN3O4/c1-26(14-34-13-22(26)31)30-5-2-15(3-6-30)19-8-16-10-23(28-11-17(16)9-21(19)27)29-25(32)24-18-4-7-33-12-20(18)24/h8-11,15,18,20,22,24,31H,2-7,12-14H2,1H3,(H,28,29,32)/t18-,20+,22-,24+,26+/m1/s1. The second-order valence-electron chi connectivity index (χ2n) is 10.6. The summed E-state index contributed by atoms with van der Waals surface area (Å²) in [6.07, 6.45) is 4.28. The molecule has 3 saturated heterocycles. The molecule has 4 heterocycles. The van der Waals surface area contributed by atoms with Gasteiger partial charge in [-0.15, -0.1) is 0 Å². The summed E-state index contributed by atoms with van der Waals surface area (Å²) in [5.41, 5.74) is 0.846. The number of pyridine rings is 1. The number of amides is 1. The number of nitrogens with zero attached hydrogens (tertiary/aromatic N) is 2. The third kappa shape index (κ3) is 3.91. The van der Waals surface area contributed by atoms with E-state index in [1.807, 2.05) is 12.1 Å². The third-order valence-electron chi connectivity index (χ3n) is 8.67. The van der Waals surface area contributed by atoms with Crippen LogP contribution in [0.15, 0.2) is 24.4 Å². The number of aliphatic hydroxyl groups excluding tert-OH is 1. The van der Waals surface area contributed by atoms with Gasteiger partial charge in [0.15, 0.2) is 0 Å². The first kappa shape index (κ1) is 22.7. The van der Waals surface area contributed by atoms with Gasteiger partial charge < -0.3 is 19.9 Å². The van der Waals surface area contributed by atoms with E-state index in [2.05, 4.69) is 28.2 Å². The van der Waals surface area contributed by atoms with E-state index in [1.165, 1.54) is 0 Å². The molecule has 1 amide bonds. The molecule has 0 bridgehead atoms. The number of hydrogen-bond acceptors (Lipinski definition) is 6. The number of hydrogen-bond donors (Lipinski definition) is 2. The molecule has 6 rings (SSSR count). The van der Waals surface area contributed by atoms with Gasteiger partial charge in [0.05, 0.1) is 31.5 Å². The molecule has 1 aliphatic carbocycles. The summed E-state index contributed by atoms with van der Waals surface area (Å²) < 4.78 is 11.0. The molecule has 34 heavy (non-hydrogen) atoms. The summed E-state index contributed by atoms with van der Waals surface area (Å²) in [6.45, 7) is 6.35. The quantitative estimate of drug-likeness (QED) is 0.690. The van der Waals surface area contributed by atoms with Gasteiger partial charge in [0.2, 0.25) is 5.91 Å². The monoisotopic (exact) mass is 485 g/mol. The number of carbonyl (C=O) groups excluding carboxylic acids is 1. The van der Waals surface area contributed by atoms with Crippen LogP contribution < -0.4 is 5.32 Å². The predicted molar refractivity (Wildman–Crippen MR) is 130 cm³/mol. The van der Waals surface area contributed by atoms with Crippen molar-refractivity contribution in [3.63, 3.8) is 0 Å². The minimum absolute atomic E-state index is 0.0524. The highest BCUT2D eigenvalue weighted by atomic mass is 35.5. The van der Waals surface area contributed by atoms with Gasteiger partial charge in [-0.05, 0) is 86.2 Å². The highest BCUT2D eigenvalue weighted by molar-refractivity contribution is 6.32. The van der Waals surface area contributed by atoms with E-state index in [4.69, 9.17) is 21.1 Å². The number of aliphatic hydroxyl groups is 1. The highest BCUT2D eigenvalue weighted by Crippen LogP contribution is 2.51. The van der Waals surface area contributed by atoms with Gasteiger partial charge in [-0.3, -0.25) is 9.69 Å². The Bertz CT molecular complexity index is 1090. The zero-order valence-corrected chi connectivity index (χ0v) is 20.3. The Morgan fingerprint density at radius 3 is 2.68 bits per heavy atom. The first-order valence-corrected chi connectivity index (χ1v) is 12.8. The number of benzene rings is 1. The van der Waals surface area contributed by atoms with E-state index >= 15 is 0 Å². The van der Waals surface area contributed by atoms with Gasteiger partial charge >= 0.3 is 0 Å². The van der Waals surface area contributed by atoms with Gasteiger partial charge in [0, 0.05) is 29.1 Å². The number of likely N-dealkylation sites (tertiary alicyclic amines) is 1. The molecule has 5 atom stereocenters. The Hall–Kier alpha value is -1.77. The smallest absolute Gasteiger partial charge is 0.229 e. The molecular formula is C26H32ClN3O4. The van der Waals surface area contributed by atoms with E-state index in [9.17, 15) is 9.90 Å². The Morgan fingerprint density at radius 1 is 1.15 bits per heavy atom. The number of halogens is 1. The van der Waals surface area contributed by atoms with Gasteiger partial charge in [0.25, 0.3) is 0 Å². The molecule has 3 aliphatic heterocycles. The zero-order chi connectivity index (χ0) is 23.4. The molecule has 4 fully saturated rings. The van der Waals surface area contributed by atoms with Gasteiger partial charge in [-0.25, -0.2) is 4.98 Å². The fraction of sp³-hybridized carbons (Fsp3) is 0.615. The first-order valence-electron chi connectivity index (χ1n) is 12.4. The van der Waals surface area contributed by atoms with Crippen molar-refractivity contribution in [2.24, 2.45) is 17.8 Å². The molecule has 0 unspecified atom stereocenters. The van der Waals surface area contributed by atoms with Crippen molar-refractivity contribution in [2.45, 2.75) is 43.7 Å². The molecule has 4 aliphatic rings. The molecule has 2 N–H and O–H groups in total. The summed E-state index contributed by atoms with van der Waals surface area (Å²) >= 11 is 6.71. The number of ether oxygens (including phenoxy) is 2. The molecule has 182 valence electrons. The van der Waals surface area contributed by atoms with Gasteiger partial charge in [-0.2, -0.15) is 0 Å². The maximum absolute atomic E-state index is 12.8. The van der Waals surface area contributed by atoms with E-state index in [-0.39, 0.29) is 17.4 Å².